The standard InChI is InChI=1S/C13H24N4O2/c1-3-4-12-14-13(15-19-12)17-7-5-11(6-8-17)16(2)9-10-18/h11,18H,3-10H2,1-2H3. The Morgan fingerprint density at radius 2 is 2.16 bits per heavy atom. The Balaban J connectivity index is 1.85. The SMILES string of the molecule is CCCc1nc(N2CCC(N(C)CCO)CC2)no1. The van der Waals surface area contributed by atoms with Crippen molar-refractivity contribution in [2.45, 2.75) is 38.6 Å². The van der Waals surface area contributed by atoms with E-state index in [0.717, 1.165) is 57.2 Å². The third-order valence-electron chi connectivity index (χ3n) is 3.74. The highest BCUT2D eigenvalue weighted by molar-refractivity contribution is 5.28. The van der Waals surface area contributed by atoms with E-state index in [0.29, 0.717) is 6.04 Å². The fraction of sp³-hybridized carbons (Fsp3) is 0.846. The van der Waals surface area contributed by atoms with Gasteiger partial charge in [-0.1, -0.05) is 6.92 Å². The lowest BCUT2D eigenvalue weighted by Crippen LogP contribution is -2.44. The van der Waals surface area contributed by atoms with Crippen LogP contribution >= 0.6 is 0 Å². The first-order valence-corrected chi connectivity index (χ1v) is 7.13. The second-order valence-corrected chi connectivity index (χ2v) is 5.16. The lowest BCUT2D eigenvalue weighted by molar-refractivity contribution is 0.161. The highest BCUT2D eigenvalue weighted by atomic mass is 16.5. The summed E-state index contributed by atoms with van der Waals surface area (Å²) in [4.78, 5) is 8.84. The molecule has 108 valence electrons. The van der Waals surface area contributed by atoms with Gasteiger partial charge in [0.2, 0.25) is 5.89 Å². The molecule has 19 heavy (non-hydrogen) atoms. The second kappa shape index (κ2) is 6.86. The maximum Gasteiger partial charge on any atom is 0.266 e. The fourth-order valence-corrected chi connectivity index (χ4v) is 2.54. The number of anilines is 1. The molecule has 2 heterocycles. The number of piperidine rings is 1. The van der Waals surface area contributed by atoms with E-state index in [1.807, 2.05) is 0 Å². The Hall–Kier alpha value is -1.14. The summed E-state index contributed by atoms with van der Waals surface area (Å²) in [6.07, 6.45) is 4.03. The molecule has 1 aliphatic rings. The van der Waals surface area contributed by atoms with Crippen LogP contribution in [0.25, 0.3) is 0 Å². The summed E-state index contributed by atoms with van der Waals surface area (Å²) in [5.41, 5.74) is 0. The van der Waals surface area contributed by atoms with Crippen molar-refractivity contribution in [3.05, 3.63) is 5.89 Å². The van der Waals surface area contributed by atoms with Gasteiger partial charge in [-0.05, 0) is 31.5 Å². The van der Waals surface area contributed by atoms with Crippen LogP contribution in [0.15, 0.2) is 4.52 Å². The molecule has 2 rings (SSSR count). The van der Waals surface area contributed by atoms with Gasteiger partial charge in [0, 0.05) is 32.1 Å². The lowest BCUT2D eigenvalue weighted by atomic mass is 10.0. The van der Waals surface area contributed by atoms with Gasteiger partial charge >= 0.3 is 0 Å². The van der Waals surface area contributed by atoms with E-state index in [2.05, 4.69) is 33.9 Å². The molecule has 1 aromatic heterocycles. The number of aryl methyl sites for hydroxylation is 1. The largest absolute Gasteiger partial charge is 0.395 e. The number of aromatic nitrogens is 2. The van der Waals surface area contributed by atoms with Crippen molar-refractivity contribution < 1.29 is 9.63 Å². The summed E-state index contributed by atoms with van der Waals surface area (Å²) in [5.74, 6) is 1.46. The number of aliphatic hydroxyl groups excluding tert-OH is 1. The monoisotopic (exact) mass is 268 g/mol. The Morgan fingerprint density at radius 3 is 2.79 bits per heavy atom. The molecular weight excluding hydrogens is 244 g/mol. The molecule has 0 saturated carbocycles. The molecule has 1 saturated heterocycles. The van der Waals surface area contributed by atoms with E-state index in [9.17, 15) is 0 Å². The van der Waals surface area contributed by atoms with Crippen molar-refractivity contribution in [3.63, 3.8) is 0 Å². The molecule has 0 bridgehead atoms. The average Bonchev–Trinajstić information content (AvgIpc) is 2.88. The van der Waals surface area contributed by atoms with Crippen LogP contribution in [-0.2, 0) is 6.42 Å². The van der Waals surface area contributed by atoms with E-state index in [1.165, 1.54) is 0 Å². The van der Waals surface area contributed by atoms with E-state index >= 15 is 0 Å². The summed E-state index contributed by atoms with van der Waals surface area (Å²) < 4.78 is 5.22. The first kappa shape index (κ1) is 14.3. The number of rotatable bonds is 6. The van der Waals surface area contributed by atoms with Gasteiger partial charge in [0.25, 0.3) is 5.95 Å². The molecule has 6 nitrogen and oxygen atoms in total. The summed E-state index contributed by atoms with van der Waals surface area (Å²) in [5, 5.41) is 13.0. The predicted molar refractivity (Wildman–Crippen MR) is 73.2 cm³/mol. The average molecular weight is 268 g/mol. The van der Waals surface area contributed by atoms with Gasteiger partial charge in [-0.2, -0.15) is 4.98 Å². The first-order chi connectivity index (χ1) is 9.24. The number of likely N-dealkylation sites (N-methyl/N-ethyl adjacent to an activating group) is 1. The Kier molecular flexibility index (Phi) is 5.15. The zero-order valence-corrected chi connectivity index (χ0v) is 11.9. The van der Waals surface area contributed by atoms with Gasteiger partial charge in [0.15, 0.2) is 0 Å². The van der Waals surface area contributed by atoms with Gasteiger partial charge in [-0.3, -0.25) is 0 Å². The molecule has 0 aliphatic carbocycles. The summed E-state index contributed by atoms with van der Waals surface area (Å²) in [6, 6.07) is 0.547. The van der Waals surface area contributed by atoms with Gasteiger partial charge in [0.1, 0.15) is 0 Å². The zero-order chi connectivity index (χ0) is 13.7. The third-order valence-corrected chi connectivity index (χ3v) is 3.74. The Labute approximate surface area is 114 Å². The minimum Gasteiger partial charge on any atom is -0.395 e. The van der Waals surface area contributed by atoms with Gasteiger partial charge in [0.05, 0.1) is 6.61 Å². The molecule has 0 radical (unpaired) electrons. The number of hydrogen-bond donors (Lipinski definition) is 1. The molecular formula is C13H24N4O2. The van der Waals surface area contributed by atoms with Crippen LogP contribution in [0.5, 0.6) is 0 Å². The first-order valence-electron chi connectivity index (χ1n) is 7.13. The Bertz CT molecular complexity index is 374. The molecule has 0 spiro atoms. The van der Waals surface area contributed by atoms with Crippen LogP contribution in [0, 0.1) is 0 Å². The highest BCUT2D eigenvalue weighted by Crippen LogP contribution is 2.19. The quantitative estimate of drug-likeness (QED) is 0.827. The zero-order valence-electron chi connectivity index (χ0n) is 11.9. The smallest absolute Gasteiger partial charge is 0.266 e. The van der Waals surface area contributed by atoms with Gasteiger partial charge in [-0.15, -0.1) is 0 Å². The van der Waals surface area contributed by atoms with Crippen LogP contribution in [-0.4, -0.2) is 59.5 Å². The minimum absolute atomic E-state index is 0.224. The summed E-state index contributed by atoms with van der Waals surface area (Å²) >= 11 is 0. The molecule has 0 unspecified atom stereocenters. The fourth-order valence-electron chi connectivity index (χ4n) is 2.54. The number of hydrogen-bond acceptors (Lipinski definition) is 6. The summed E-state index contributed by atoms with van der Waals surface area (Å²) in [6.45, 7) is 4.97. The maximum absolute atomic E-state index is 8.97. The van der Waals surface area contributed by atoms with Crippen LogP contribution in [0.2, 0.25) is 0 Å². The molecule has 0 amide bonds. The van der Waals surface area contributed by atoms with Crippen molar-refractivity contribution in [1.29, 1.82) is 0 Å². The van der Waals surface area contributed by atoms with Crippen LogP contribution < -0.4 is 4.90 Å². The van der Waals surface area contributed by atoms with Crippen LogP contribution in [0.1, 0.15) is 32.1 Å². The van der Waals surface area contributed by atoms with E-state index < -0.39 is 0 Å². The Morgan fingerprint density at radius 1 is 1.42 bits per heavy atom. The number of nitrogens with zero attached hydrogens (tertiary/aromatic N) is 4. The topological polar surface area (TPSA) is 65.6 Å². The van der Waals surface area contributed by atoms with E-state index in [4.69, 9.17) is 9.63 Å². The highest BCUT2D eigenvalue weighted by Gasteiger charge is 2.24. The van der Waals surface area contributed by atoms with E-state index in [-0.39, 0.29) is 6.61 Å². The molecule has 1 fully saturated rings. The molecule has 0 aromatic carbocycles. The predicted octanol–water partition coefficient (Wildman–Crippen LogP) is 0.915. The van der Waals surface area contributed by atoms with Crippen molar-refractivity contribution in [1.82, 2.24) is 15.0 Å². The molecule has 6 heteroatoms. The van der Waals surface area contributed by atoms with Crippen molar-refractivity contribution >= 4 is 5.95 Å². The molecule has 0 atom stereocenters. The summed E-state index contributed by atoms with van der Waals surface area (Å²) in [7, 11) is 2.07. The molecule has 1 aromatic rings. The number of aliphatic hydroxyl groups is 1. The molecule has 1 aliphatic heterocycles. The van der Waals surface area contributed by atoms with Crippen LogP contribution in [0.3, 0.4) is 0 Å². The van der Waals surface area contributed by atoms with Crippen LogP contribution in [0.4, 0.5) is 5.95 Å². The van der Waals surface area contributed by atoms with Crippen molar-refractivity contribution in [2.24, 2.45) is 0 Å². The van der Waals surface area contributed by atoms with Gasteiger partial charge in [-0.25, -0.2) is 0 Å². The molecule has 1 N–H and O–H groups in total. The normalized spacial score (nSPS) is 17.4. The third kappa shape index (κ3) is 3.67. The van der Waals surface area contributed by atoms with Crippen molar-refractivity contribution in [2.75, 3.05) is 38.2 Å². The van der Waals surface area contributed by atoms with Crippen molar-refractivity contribution in [3.8, 4) is 0 Å². The minimum atomic E-state index is 0.224. The second-order valence-electron chi connectivity index (χ2n) is 5.16. The van der Waals surface area contributed by atoms with Gasteiger partial charge < -0.3 is 19.4 Å². The maximum atomic E-state index is 8.97. The lowest BCUT2D eigenvalue weighted by Gasteiger charge is -2.35. The van der Waals surface area contributed by atoms with E-state index in [1.54, 1.807) is 0 Å².